The maximum Gasteiger partial charge on any atom is 0.246 e. The van der Waals surface area contributed by atoms with E-state index in [-0.39, 0.29) is 5.91 Å². The summed E-state index contributed by atoms with van der Waals surface area (Å²) < 4.78 is 2.04. The second-order valence-electron chi connectivity index (χ2n) is 5.30. The molecule has 5 heteroatoms. The summed E-state index contributed by atoms with van der Waals surface area (Å²) in [5.41, 5.74) is 3.36. The van der Waals surface area contributed by atoms with E-state index in [1.807, 2.05) is 11.6 Å². The number of rotatable bonds is 6. The van der Waals surface area contributed by atoms with Crippen molar-refractivity contribution in [2.75, 3.05) is 14.2 Å². The summed E-state index contributed by atoms with van der Waals surface area (Å²) in [6, 6.07) is 0. The zero-order valence-corrected chi connectivity index (χ0v) is 12.9. The highest BCUT2D eigenvalue weighted by atomic mass is 16.7. The molecule has 0 saturated carbocycles. The quantitative estimate of drug-likeness (QED) is 0.742. The molecule has 0 aromatic carbocycles. The molecule has 0 fully saturated rings. The molecule has 0 spiro atoms. The molecule has 0 saturated heterocycles. The lowest BCUT2D eigenvalue weighted by molar-refractivity contribution is -0.168. The topological polar surface area (TPSA) is 47.4 Å². The summed E-state index contributed by atoms with van der Waals surface area (Å²) in [7, 11) is 3.12. The van der Waals surface area contributed by atoms with E-state index in [1.54, 1.807) is 7.05 Å². The van der Waals surface area contributed by atoms with E-state index in [0.29, 0.717) is 18.8 Å². The first-order valence-corrected chi connectivity index (χ1v) is 6.70. The van der Waals surface area contributed by atoms with Gasteiger partial charge >= 0.3 is 0 Å². The molecular formula is C14H25N3O2. The Morgan fingerprint density at radius 3 is 2.58 bits per heavy atom. The first kappa shape index (κ1) is 15.7. The lowest BCUT2D eigenvalue weighted by Gasteiger charge is -2.13. The van der Waals surface area contributed by atoms with Gasteiger partial charge in [0.05, 0.1) is 12.8 Å². The van der Waals surface area contributed by atoms with Crippen molar-refractivity contribution in [3.8, 4) is 0 Å². The molecular weight excluding hydrogens is 242 g/mol. The van der Waals surface area contributed by atoms with E-state index in [2.05, 4.69) is 25.9 Å². The summed E-state index contributed by atoms with van der Waals surface area (Å²) in [6.45, 7) is 9.34. The molecule has 5 nitrogen and oxygen atoms in total. The lowest BCUT2D eigenvalue weighted by Crippen LogP contribution is -2.25. The number of hydroxylamine groups is 2. The Balaban J connectivity index is 2.74. The predicted molar refractivity (Wildman–Crippen MR) is 74.6 cm³/mol. The first-order chi connectivity index (χ1) is 8.86. The van der Waals surface area contributed by atoms with E-state index in [4.69, 9.17) is 4.84 Å². The van der Waals surface area contributed by atoms with E-state index < -0.39 is 0 Å². The maximum absolute atomic E-state index is 11.7. The average Bonchev–Trinajstić information content (AvgIpc) is 2.60. The van der Waals surface area contributed by atoms with Crippen LogP contribution in [0.1, 0.15) is 37.2 Å². The zero-order chi connectivity index (χ0) is 14.6. The van der Waals surface area contributed by atoms with Gasteiger partial charge in [0.2, 0.25) is 5.91 Å². The van der Waals surface area contributed by atoms with Gasteiger partial charge in [-0.3, -0.25) is 14.3 Å². The van der Waals surface area contributed by atoms with Gasteiger partial charge in [0.1, 0.15) is 0 Å². The van der Waals surface area contributed by atoms with E-state index in [9.17, 15) is 4.79 Å². The van der Waals surface area contributed by atoms with Crippen molar-refractivity contribution in [1.82, 2.24) is 14.8 Å². The highest BCUT2D eigenvalue weighted by molar-refractivity contribution is 5.75. The molecule has 1 aromatic heterocycles. The van der Waals surface area contributed by atoms with Gasteiger partial charge in [0, 0.05) is 25.7 Å². The minimum atomic E-state index is -0.0158. The van der Waals surface area contributed by atoms with Crippen molar-refractivity contribution in [1.29, 1.82) is 0 Å². The maximum atomic E-state index is 11.7. The van der Waals surface area contributed by atoms with Gasteiger partial charge in [-0.25, -0.2) is 5.06 Å². The molecule has 0 atom stereocenters. The fourth-order valence-electron chi connectivity index (χ4n) is 2.11. The van der Waals surface area contributed by atoms with Crippen LogP contribution in [-0.2, 0) is 22.6 Å². The van der Waals surface area contributed by atoms with Crippen molar-refractivity contribution >= 4 is 5.91 Å². The van der Waals surface area contributed by atoms with Gasteiger partial charge in [0.15, 0.2) is 0 Å². The molecule has 1 rings (SSSR count). The molecule has 19 heavy (non-hydrogen) atoms. The third kappa shape index (κ3) is 4.06. The SMILES string of the molecule is CON(C)C(=O)CCc1c(C)nn(CC(C)C)c1C. The number of carbonyl (C=O) groups excluding carboxylic acids is 1. The van der Waals surface area contributed by atoms with Crippen LogP contribution in [0.5, 0.6) is 0 Å². The van der Waals surface area contributed by atoms with Crippen LogP contribution in [0.3, 0.4) is 0 Å². The summed E-state index contributed by atoms with van der Waals surface area (Å²) in [5, 5.41) is 5.82. The van der Waals surface area contributed by atoms with E-state index >= 15 is 0 Å². The van der Waals surface area contributed by atoms with Gasteiger partial charge in [-0.15, -0.1) is 0 Å². The summed E-state index contributed by atoms with van der Waals surface area (Å²) in [5.74, 6) is 0.546. The number of aromatic nitrogens is 2. The third-order valence-corrected chi connectivity index (χ3v) is 3.28. The molecule has 0 N–H and O–H groups in total. The van der Waals surface area contributed by atoms with Crippen molar-refractivity contribution in [2.24, 2.45) is 5.92 Å². The molecule has 1 heterocycles. The van der Waals surface area contributed by atoms with Gasteiger partial charge < -0.3 is 0 Å². The second-order valence-corrected chi connectivity index (χ2v) is 5.30. The summed E-state index contributed by atoms with van der Waals surface area (Å²) in [4.78, 5) is 16.6. The van der Waals surface area contributed by atoms with Crippen LogP contribution < -0.4 is 0 Å². The van der Waals surface area contributed by atoms with Crippen LogP contribution in [0.15, 0.2) is 0 Å². The molecule has 0 unspecified atom stereocenters. The standard InChI is InChI=1S/C14H25N3O2/c1-10(2)9-17-12(4)13(11(3)15-17)7-8-14(18)16(5)19-6/h10H,7-9H2,1-6H3. The summed E-state index contributed by atoms with van der Waals surface area (Å²) >= 11 is 0. The fraction of sp³-hybridized carbons (Fsp3) is 0.714. The van der Waals surface area contributed by atoms with Crippen molar-refractivity contribution in [3.63, 3.8) is 0 Å². The molecule has 0 aliphatic rings. The predicted octanol–water partition coefficient (Wildman–Crippen LogP) is 2.11. The Labute approximate surface area is 115 Å². The van der Waals surface area contributed by atoms with Crippen LogP contribution in [0.4, 0.5) is 0 Å². The molecule has 108 valence electrons. The van der Waals surface area contributed by atoms with Crippen molar-refractivity contribution < 1.29 is 9.63 Å². The number of carbonyl (C=O) groups is 1. The van der Waals surface area contributed by atoms with Gasteiger partial charge in [-0.05, 0) is 31.7 Å². The Morgan fingerprint density at radius 1 is 1.42 bits per heavy atom. The second kappa shape index (κ2) is 6.70. The molecule has 1 amide bonds. The van der Waals surface area contributed by atoms with Crippen LogP contribution in [0.25, 0.3) is 0 Å². The molecule has 0 aliphatic carbocycles. The smallest absolute Gasteiger partial charge is 0.246 e. The Hall–Kier alpha value is -1.36. The number of aryl methyl sites for hydroxylation is 1. The molecule has 0 radical (unpaired) electrons. The highest BCUT2D eigenvalue weighted by Crippen LogP contribution is 2.16. The van der Waals surface area contributed by atoms with E-state index in [0.717, 1.165) is 12.2 Å². The minimum Gasteiger partial charge on any atom is -0.275 e. The minimum absolute atomic E-state index is 0.0158. The van der Waals surface area contributed by atoms with E-state index in [1.165, 1.54) is 23.4 Å². The Kier molecular flexibility index (Phi) is 5.54. The van der Waals surface area contributed by atoms with Gasteiger partial charge in [-0.1, -0.05) is 13.8 Å². The van der Waals surface area contributed by atoms with Gasteiger partial charge in [-0.2, -0.15) is 5.10 Å². The average molecular weight is 267 g/mol. The molecule has 1 aromatic rings. The zero-order valence-electron chi connectivity index (χ0n) is 12.9. The van der Waals surface area contributed by atoms with Crippen molar-refractivity contribution in [3.05, 3.63) is 17.0 Å². The highest BCUT2D eigenvalue weighted by Gasteiger charge is 2.15. The fourth-order valence-corrected chi connectivity index (χ4v) is 2.11. The van der Waals surface area contributed by atoms with Gasteiger partial charge in [0.25, 0.3) is 0 Å². The number of nitrogens with zero attached hydrogens (tertiary/aromatic N) is 3. The van der Waals surface area contributed by atoms with Crippen LogP contribution in [0.2, 0.25) is 0 Å². The Morgan fingerprint density at radius 2 is 2.05 bits per heavy atom. The molecule has 0 aliphatic heterocycles. The van der Waals surface area contributed by atoms with Crippen molar-refractivity contribution in [2.45, 2.75) is 47.1 Å². The number of hydrogen-bond acceptors (Lipinski definition) is 3. The summed E-state index contributed by atoms with van der Waals surface area (Å²) in [6.07, 6.45) is 1.15. The Bertz CT molecular complexity index is 438. The van der Waals surface area contributed by atoms with Crippen LogP contribution in [-0.4, -0.2) is 34.9 Å². The largest absolute Gasteiger partial charge is 0.275 e. The molecule has 0 bridgehead atoms. The first-order valence-electron chi connectivity index (χ1n) is 6.70. The van der Waals surface area contributed by atoms with Crippen LogP contribution in [0, 0.1) is 19.8 Å². The normalized spacial score (nSPS) is 11.1. The number of amides is 1. The lowest BCUT2D eigenvalue weighted by atomic mass is 10.1. The monoisotopic (exact) mass is 267 g/mol. The van der Waals surface area contributed by atoms with Crippen LogP contribution >= 0.6 is 0 Å². The number of hydrogen-bond donors (Lipinski definition) is 0. The third-order valence-electron chi connectivity index (χ3n) is 3.28.